The predicted octanol–water partition coefficient (Wildman–Crippen LogP) is 1.69. The molecular weight excluding hydrogens is 497 g/mol. The van der Waals surface area contributed by atoms with Crippen LogP contribution in [-0.4, -0.2) is 86.6 Å². The number of halogens is 3. The Labute approximate surface area is 211 Å². The second kappa shape index (κ2) is 11.6. The number of carboxylic acids is 1. The number of likely N-dealkylation sites (tertiary alicyclic amines) is 1. The number of aliphatic carboxylic acids is 1. The van der Waals surface area contributed by atoms with E-state index in [9.17, 15) is 22.8 Å². The van der Waals surface area contributed by atoms with E-state index in [-0.39, 0.29) is 24.2 Å². The van der Waals surface area contributed by atoms with E-state index in [0.717, 1.165) is 12.1 Å². The van der Waals surface area contributed by atoms with Crippen LogP contribution in [-0.2, 0) is 32.6 Å². The lowest BCUT2D eigenvalue weighted by atomic mass is 9.75. The molecule has 37 heavy (non-hydrogen) atoms. The van der Waals surface area contributed by atoms with Gasteiger partial charge in [-0.1, -0.05) is 0 Å². The van der Waals surface area contributed by atoms with E-state index in [1.54, 1.807) is 23.1 Å². The van der Waals surface area contributed by atoms with Crippen LogP contribution in [0.15, 0.2) is 30.7 Å². The normalized spacial score (nSPS) is 21.4. The van der Waals surface area contributed by atoms with Gasteiger partial charge in [-0.05, 0) is 31.9 Å². The van der Waals surface area contributed by atoms with Crippen LogP contribution in [0.2, 0.25) is 0 Å². The lowest BCUT2D eigenvalue weighted by molar-refractivity contribution is -0.192. The fraction of sp³-hybridized carbons (Fsp3) is 0.565. The summed E-state index contributed by atoms with van der Waals surface area (Å²) >= 11 is 0. The number of carbonyl (C=O) groups excluding carboxylic acids is 2. The largest absolute Gasteiger partial charge is 0.490 e. The molecule has 14 heteroatoms. The summed E-state index contributed by atoms with van der Waals surface area (Å²) < 4.78 is 38.9. The molecule has 202 valence electrons. The molecule has 4 rings (SSSR count). The smallest absolute Gasteiger partial charge is 0.475 e. The van der Waals surface area contributed by atoms with Gasteiger partial charge >= 0.3 is 18.1 Å². The fourth-order valence-corrected chi connectivity index (χ4v) is 4.70. The maximum atomic E-state index is 13.1. The molecule has 0 radical (unpaired) electrons. The molecule has 0 aromatic carbocycles. The SMILES string of the molecule is CCOC(=O)[C@@]12CCCN(C(=O)Cc3ccn(C)n3)C[C@H]1CN(c1ncccn1)C2.O=C(O)C(F)(F)F. The first-order chi connectivity index (χ1) is 17.5. The Morgan fingerprint density at radius 1 is 1.22 bits per heavy atom. The van der Waals surface area contributed by atoms with Crippen molar-refractivity contribution in [3.63, 3.8) is 0 Å². The van der Waals surface area contributed by atoms with E-state index >= 15 is 0 Å². The van der Waals surface area contributed by atoms with Crippen molar-refractivity contribution < 1.29 is 37.4 Å². The molecule has 11 nitrogen and oxygen atoms in total. The quantitative estimate of drug-likeness (QED) is 0.579. The maximum absolute atomic E-state index is 13.1. The van der Waals surface area contributed by atoms with Crippen LogP contribution >= 0.6 is 0 Å². The molecule has 0 spiro atoms. The molecule has 2 aliphatic heterocycles. The van der Waals surface area contributed by atoms with Crippen molar-refractivity contribution in [2.45, 2.75) is 32.4 Å². The number of rotatable bonds is 5. The molecule has 2 saturated heterocycles. The van der Waals surface area contributed by atoms with Gasteiger partial charge < -0.3 is 19.6 Å². The molecule has 2 aromatic rings. The zero-order valence-electron chi connectivity index (χ0n) is 20.5. The number of aromatic nitrogens is 4. The highest BCUT2D eigenvalue weighted by Gasteiger charge is 2.55. The van der Waals surface area contributed by atoms with Crippen molar-refractivity contribution in [3.8, 4) is 0 Å². The molecule has 2 fully saturated rings. The van der Waals surface area contributed by atoms with Crippen molar-refractivity contribution in [3.05, 3.63) is 36.4 Å². The number of carboxylic acid groups (broad SMARTS) is 1. The van der Waals surface area contributed by atoms with Gasteiger partial charge in [0.15, 0.2) is 0 Å². The first-order valence-corrected chi connectivity index (χ1v) is 11.7. The Bertz CT molecular complexity index is 1100. The number of alkyl halides is 3. The van der Waals surface area contributed by atoms with Crippen molar-refractivity contribution in [1.29, 1.82) is 0 Å². The van der Waals surface area contributed by atoms with E-state index in [0.29, 0.717) is 45.2 Å². The van der Waals surface area contributed by atoms with Crippen LogP contribution < -0.4 is 4.90 Å². The summed E-state index contributed by atoms with van der Waals surface area (Å²) in [7, 11) is 1.84. The summed E-state index contributed by atoms with van der Waals surface area (Å²) in [6.45, 7) is 4.48. The standard InChI is InChI=1S/C21H28N6O3.C2HF3O2/c1-3-30-19(29)21-7-4-10-26(18(28)12-17-6-11-25(2)24-17)13-16(21)14-27(15-21)20-22-8-5-9-23-20;3-2(4,5)1(6)7/h5-6,8-9,11,16H,3-4,7,10,12-15H2,1-2H3;(H,6,7)/t16-,21+;/m0./s1. The van der Waals surface area contributed by atoms with Crippen molar-refractivity contribution in [2.24, 2.45) is 18.4 Å². The number of anilines is 1. The number of hydrogen-bond donors (Lipinski definition) is 1. The average Bonchev–Trinajstić information content (AvgIpc) is 3.37. The highest BCUT2D eigenvalue weighted by Crippen LogP contribution is 2.44. The lowest BCUT2D eigenvalue weighted by Crippen LogP contribution is -2.44. The molecule has 0 aliphatic carbocycles. The van der Waals surface area contributed by atoms with Gasteiger partial charge in [-0.25, -0.2) is 14.8 Å². The second-order valence-corrected chi connectivity index (χ2v) is 8.91. The summed E-state index contributed by atoms with van der Waals surface area (Å²) in [5.41, 5.74) is 0.115. The first kappa shape index (κ1) is 27.9. The number of aryl methyl sites for hydroxylation is 1. The minimum Gasteiger partial charge on any atom is -0.475 e. The minimum atomic E-state index is -5.08. The van der Waals surface area contributed by atoms with Crippen molar-refractivity contribution >= 4 is 23.8 Å². The summed E-state index contributed by atoms with van der Waals surface area (Å²) in [5.74, 6) is -2.31. The highest BCUT2D eigenvalue weighted by molar-refractivity contribution is 5.81. The summed E-state index contributed by atoms with van der Waals surface area (Å²) in [5, 5.41) is 11.4. The van der Waals surface area contributed by atoms with Gasteiger partial charge in [0.2, 0.25) is 11.9 Å². The third kappa shape index (κ3) is 6.74. The van der Waals surface area contributed by atoms with E-state index < -0.39 is 17.6 Å². The van der Waals surface area contributed by atoms with Gasteiger partial charge in [-0.15, -0.1) is 0 Å². The number of hydrogen-bond acceptors (Lipinski definition) is 8. The van der Waals surface area contributed by atoms with Gasteiger partial charge in [0, 0.05) is 57.7 Å². The lowest BCUT2D eigenvalue weighted by Gasteiger charge is -2.31. The average molecular weight is 527 g/mol. The van der Waals surface area contributed by atoms with Crippen LogP contribution in [0.5, 0.6) is 0 Å². The van der Waals surface area contributed by atoms with Crippen molar-refractivity contribution in [1.82, 2.24) is 24.6 Å². The van der Waals surface area contributed by atoms with Crippen LogP contribution in [0, 0.1) is 11.3 Å². The van der Waals surface area contributed by atoms with Crippen LogP contribution in [0.3, 0.4) is 0 Å². The van der Waals surface area contributed by atoms with Crippen LogP contribution in [0.4, 0.5) is 19.1 Å². The Balaban J connectivity index is 0.000000479. The number of ether oxygens (including phenoxy) is 1. The molecule has 2 atom stereocenters. The molecule has 1 amide bonds. The minimum absolute atomic E-state index is 0.0319. The van der Waals surface area contributed by atoms with Gasteiger partial charge in [0.1, 0.15) is 0 Å². The molecule has 2 aromatic heterocycles. The Morgan fingerprint density at radius 2 is 1.89 bits per heavy atom. The molecule has 1 N–H and O–H groups in total. The number of nitrogens with zero attached hydrogens (tertiary/aromatic N) is 6. The molecule has 0 saturated carbocycles. The first-order valence-electron chi connectivity index (χ1n) is 11.7. The van der Waals surface area contributed by atoms with E-state index in [1.165, 1.54) is 0 Å². The summed E-state index contributed by atoms with van der Waals surface area (Å²) in [6, 6.07) is 3.64. The van der Waals surface area contributed by atoms with Gasteiger partial charge in [0.25, 0.3) is 0 Å². The summed E-state index contributed by atoms with van der Waals surface area (Å²) in [4.78, 5) is 47.6. The Hall–Kier alpha value is -3.71. The van der Waals surface area contributed by atoms with Crippen molar-refractivity contribution in [2.75, 3.05) is 37.7 Å². The molecular formula is C23H29F3N6O5. The van der Waals surface area contributed by atoms with E-state index in [2.05, 4.69) is 15.1 Å². The molecule has 0 bridgehead atoms. The number of fused-ring (bicyclic) bond motifs is 1. The third-order valence-corrected chi connectivity index (χ3v) is 6.40. The molecule has 0 unspecified atom stereocenters. The number of esters is 1. The van der Waals surface area contributed by atoms with Gasteiger partial charge in [0.05, 0.1) is 24.1 Å². The van der Waals surface area contributed by atoms with E-state index in [4.69, 9.17) is 14.6 Å². The number of amides is 1. The second-order valence-electron chi connectivity index (χ2n) is 8.91. The Kier molecular flexibility index (Phi) is 8.71. The van der Waals surface area contributed by atoms with Gasteiger partial charge in [-0.2, -0.15) is 18.3 Å². The number of carbonyl (C=O) groups is 3. The Morgan fingerprint density at radius 3 is 2.46 bits per heavy atom. The topological polar surface area (TPSA) is 131 Å². The monoisotopic (exact) mass is 526 g/mol. The summed E-state index contributed by atoms with van der Waals surface area (Å²) in [6.07, 6.45) is 1.88. The molecule has 2 aliphatic rings. The predicted molar refractivity (Wildman–Crippen MR) is 123 cm³/mol. The zero-order valence-corrected chi connectivity index (χ0v) is 20.5. The van der Waals surface area contributed by atoms with Crippen LogP contribution in [0.1, 0.15) is 25.5 Å². The fourth-order valence-electron chi connectivity index (χ4n) is 4.70. The van der Waals surface area contributed by atoms with E-state index in [1.807, 2.05) is 36.0 Å². The van der Waals surface area contributed by atoms with Crippen LogP contribution in [0.25, 0.3) is 0 Å². The zero-order chi connectivity index (χ0) is 27.2. The van der Waals surface area contributed by atoms with Gasteiger partial charge in [-0.3, -0.25) is 14.3 Å². The maximum Gasteiger partial charge on any atom is 0.490 e. The third-order valence-electron chi connectivity index (χ3n) is 6.40. The molecule has 4 heterocycles. The highest BCUT2D eigenvalue weighted by atomic mass is 19.4.